The Bertz CT molecular complexity index is 552. The van der Waals surface area contributed by atoms with Gasteiger partial charge in [0.2, 0.25) is 0 Å². The summed E-state index contributed by atoms with van der Waals surface area (Å²) in [5.74, 6) is 1.96. The molecule has 3 aliphatic rings. The van der Waals surface area contributed by atoms with Gasteiger partial charge in [0.25, 0.3) is 5.69 Å². The van der Waals surface area contributed by atoms with E-state index < -0.39 is 0 Å². The van der Waals surface area contributed by atoms with Crippen LogP contribution in [0.15, 0.2) is 24.3 Å². The third-order valence-electron chi connectivity index (χ3n) is 5.91. The van der Waals surface area contributed by atoms with Crippen molar-refractivity contribution < 1.29 is 4.92 Å². The minimum atomic E-state index is -0.336. The van der Waals surface area contributed by atoms with Crippen LogP contribution in [0.4, 0.5) is 11.4 Å². The maximum atomic E-state index is 10.7. The summed E-state index contributed by atoms with van der Waals surface area (Å²) in [4.78, 5) is 15.4. The van der Waals surface area contributed by atoms with Gasteiger partial charge in [-0.05, 0) is 43.2 Å². The minimum Gasteiger partial charge on any atom is -0.369 e. The number of non-ortho nitro benzene ring substituents is 1. The van der Waals surface area contributed by atoms with Crippen molar-refractivity contribution in [3.8, 4) is 0 Å². The summed E-state index contributed by atoms with van der Waals surface area (Å²) in [5, 5.41) is 10.7. The van der Waals surface area contributed by atoms with Crippen molar-refractivity contribution in [1.29, 1.82) is 0 Å². The predicted molar refractivity (Wildman–Crippen MR) is 86.1 cm³/mol. The zero-order chi connectivity index (χ0) is 15.1. The molecule has 0 N–H and O–H groups in total. The molecule has 0 radical (unpaired) electrons. The largest absolute Gasteiger partial charge is 0.369 e. The summed E-state index contributed by atoms with van der Waals surface area (Å²) < 4.78 is 0. The molecule has 118 valence electrons. The maximum Gasteiger partial charge on any atom is 0.269 e. The molecule has 0 unspecified atom stereocenters. The fourth-order valence-electron chi connectivity index (χ4n) is 4.76. The first-order valence-corrected chi connectivity index (χ1v) is 8.44. The number of nitro benzene ring substituents is 1. The Morgan fingerprint density at radius 3 is 2.27 bits per heavy atom. The molecule has 3 fully saturated rings. The lowest BCUT2D eigenvalue weighted by Gasteiger charge is -2.41. The van der Waals surface area contributed by atoms with E-state index in [1.54, 1.807) is 12.1 Å². The second kappa shape index (κ2) is 5.54. The van der Waals surface area contributed by atoms with Gasteiger partial charge in [-0.2, -0.15) is 0 Å². The number of hydrogen-bond acceptors (Lipinski definition) is 4. The van der Waals surface area contributed by atoms with Gasteiger partial charge in [0.05, 0.1) is 4.92 Å². The maximum absolute atomic E-state index is 10.7. The normalized spacial score (nSPS) is 31.6. The molecule has 2 bridgehead atoms. The molecule has 0 aromatic heterocycles. The summed E-state index contributed by atoms with van der Waals surface area (Å²) in [6, 6.07) is 7.81. The van der Waals surface area contributed by atoms with Crippen molar-refractivity contribution in [3.05, 3.63) is 34.4 Å². The molecule has 1 aliphatic heterocycles. The Labute approximate surface area is 131 Å². The fraction of sp³-hybridized carbons (Fsp3) is 0.647. The Balaban J connectivity index is 1.36. The molecule has 5 heteroatoms. The molecule has 1 saturated heterocycles. The Kier molecular flexibility index (Phi) is 3.53. The van der Waals surface area contributed by atoms with Gasteiger partial charge in [0, 0.05) is 50.0 Å². The number of nitrogens with zero attached hydrogens (tertiary/aromatic N) is 3. The van der Waals surface area contributed by atoms with Gasteiger partial charge in [-0.25, -0.2) is 0 Å². The van der Waals surface area contributed by atoms with Crippen LogP contribution in [0, 0.1) is 22.0 Å². The summed E-state index contributed by atoms with van der Waals surface area (Å²) in [6.45, 7) is 4.33. The van der Waals surface area contributed by atoms with Crippen molar-refractivity contribution in [1.82, 2.24) is 4.90 Å². The first-order chi connectivity index (χ1) is 10.7. The average molecular weight is 301 g/mol. The highest BCUT2D eigenvalue weighted by atomic mass is 16.6. The highest BCUT2D eigenvalue weighted by Crippen LogP contribution is 2.46. The van der Waals surface area contributed by atoms with Crippen LogP contribution in [0.25, 0.3) is 0 Å². The minimum absolute atomic E-state index is 0.171. The van der Waals surface area contributed by atoms with Crippen molar-refractivity contribution >= 4 is 11.4 Å². The van der Waals surface area contributed by atoms with E-state index in [9.17, 15) is 10.1 Å². The highest BCUT2D eigenvalue weighted by Gasteiger charge is 2.42. The van der Waals surface area contributed by atoms with Crippen molar-refractivity contribution in [2.75, 3.05) is 31.1 Å². The van der Waals surface area contributed by atoms with E-state index in [-0.39, 0.29) is 10.6 Å². The molecular weight excluding hydrogens is 278 g/mol. The summed E-state index contributed by atoms with van der Waals surface area (Å²) >= 11 is 0. The van der Waals surface area contributed by atoms with Crippen molar-refractivity contribution in [3.63, 3.8) is 0 Å². The average Bonchev–Trinajstić information content (AvgIpc) is 3.18. The molecular formula is C17H23N3O2. The number of piperazine rings is 1. The van der Waals surface area contributed by atoms with Gasteiger partial charge in [-0.1, -0.05) is 6.42 Å². The Morgan fingerprint density at radius 1 is 1.00 bits per heavy atom. The molecule has 2 aliphatic carbocycles. The Hall–Kier alpha value is -1.62. The van der Waals surface area contributed by atoms with E-state index >= 15 is 0 Å². The van der Waals surface area contributed by atoms with Gasteiger partial charge in [0.15, 0.2) is 0 Å². The molecule has 3 atom stereocenters. The molecule has 2 saturated carbocycles. The van der Waals surface area contributed by atoms with Gasteiger partial charge in [-0.3, -0.25) is 15.0 Å². The van der Waals surface area contributed by atoms with Crippen LogP contribution in [0.1, 0.15) is 25.7 Å². The third kappa shape index (κ3) is 2.47. The predicted octanol–water partition coefficient (Wildman–Crippen LogP) is 2.91. The lowest BCUT2D eigenvalue weighted by molar-refractivity contribution is -0.384. The van der Waals surface area contributed by atoms with Crippen molar-refractivity contribution in [2.24, 2.45) is 11.8 Å². The zero-order valence-corrected chi connectivity index (χ0v) is 12.9. The number of rotatable bonds is 3. The number of benzene rings is 1. The van der Waals surface area contributed by atoms with E-state index in [0.717, 1.165) is 49.7 Å². The summed E-state index contributed by atoms with van der Waals surface area (Å²) in [7, 11) is 0. The zero-order valence-electron chi connectivity index (χ0n) is 12.9. The van der Waals surface area contributed by atoms with Crippen molar-refractivity contribution in [2.45, 2.75) is 31.7 Å². The summed E-state index contributed by atoms with van der Waals surface area (Å²) in [5.41, 5.74) is 1.28. The summed E-state index contributed by atoms with van der Waals surface area (Å²) in [6.07, 6.45) is 5.79. The number of fused-ring (bicyclic) bond motifs is 2. The molecule has 22 heavy (non-hydrogen) atoms. The molecule has 1 heterocycles. The van der Waals surface area contributed by atoms with E-state index in [1.165, 1.54) is 25.7 Å². The number of nitro groups is 1. The molecule has 4 rings (SSSR count). The molecule has 5 nitrogen and oxygen atoms in total. The van der Waals surface area contributed by atoms with Gasteiger partial charge >= 0.3 is 0 Å². The SMILES string of the molecule is O=[N+]([O-])c1ccc(N2CCN([C@@H]3C[C@H]4CC[C@@H]3C4)CC2)cc1. The van der Waals surface area contributed by atoms with E-state index in [0.29, 0.717) is 0 Å². The van der Waals surface area contributed by atoms with Crippen LogP contribution < -0.4 is 4.90 Å². The quantitative estimate of drug-likeness (QED) is 0.636. The van der Waals surface area contributed by atoms with Crippen LogP contribution in [0.5, 0.6) is 0 Å². The topological polar surface area (TPSA) is 49.6 Å². The third-order valence-corrected chi connectivity index (χ3v) is 5.91. The first kappa shape index (κ1) is 14.0. The smallest absolute Gasteiger partial charge is 0.269 e. The second-order valence-corrected chi connectivity index (χ2v) is 7.04. The van der Waals surface area contributed by atoms with Crippen LogP contribution >= 0.6 is 0 Å². The van der Waals surface area contributed by atoms with Crippen LogP contribution in [-0.2, 0) is 0 Å². The fourth-order valence-corrected chi connectivity index (χ4v) is 4.76. The van der Waals surface area contributed by atoms with E-state index in [2.05, 4.69) is 9.80 Å². The van der Waals surface area contributed by atoms with Gasteiger partial charge in [0.1, 0.15) is 0 Å². The molecule has 0 spiro atoms. The molecule has 0 amide bonds. The monoisotopic (exact) mass is 301 g/mol. The number of anilines is 1. The lowest BCUT2D eigenvalue weighted by atomic mass is 9.93. The second-order valence-electron chi connectivity index (χ2n) is 7.04. The van der Waals surface area contributed by atoms with Crippen LogP contribution in [0.3, 0.4) is 0 Å². The van der Waals surface area contributed by atoms with E-state index in [4.69, 9.17) is 0 Å². The van der Waals surface area contributed by atoms with E-state index in [1.807, 2.05) is 12.1 Å². The lowest BCUT2D eigenvalue weighted by Crippen LogP contribution is -2.51. The standard InChI is InChI=1S/C17H23N3O2/c21-20(22)16-5-3-15(4-6-16)18-7-9-19(10-8-18)17-12-13-1-2-14(17)11-13/h3-6,13-14,17H,1-2,7-12H2/t13-,14+,17+/m0/s1. The first-order valence-electron chi connectivity index (χ1n) is 8.44. The van der Waals surface area contributed by atoms with Gasteiger partial charge < -0.3 is 4.90 Å². The van der Waals surface area contributed by atoms with Crippen LogP contribution in [0.2, 0.25) is 0 Å². The van der Waals surface area contributed by atoms with Gasteiger partial charge in [-0.15, -0.1) is 0 Å². The number of hydrogen-bond donors (Lipinski definition) is 0. The Morgan fingerprint density at radius 2 is 1.73 bits per heavy atom. The highest BCUT2D eigenvalue weighted by molar-refractivity contribution is 5.51. The molecule has 1 aromatic rings. The molecule has 1 aromatic carbocycles. The van der Waals surface area contributed by atoms with Crippen LogP contribution in [-0.4, -0.2) is 42.0 Å².